The van der Waals surface area contributed by atoms with Crippen molar-refractivity contribution in [2.24, 2.45) is 0 Å². The van der Waals surface area contributed by atoms with Crippen molar-refractivity contribution < 1.29 is 0 Å². The van der Waals surface area contributed by atoms with Crippen LogP contribution in [0.4, 0.5) is 0 Å². The second-order valence-corrected chi connectivity index (χ2v) is 4.45. The summed E-state index contributed by atoms with van der Waals surface area (Å²) in [6.45, 7) is 3.88. The fraction of sp³-hybridized carbons (Fsp3) is 0.188. The molecule has 0 unspecified atom stereocenters. The molecule has 1 aromatic carbocycles. The molecule has 2 aromatic rings. The zero-order valence-electron chi connectivity index (χ0n) is 10.9. The van der Waals surface area contributed by atoms with E-state index in [1.165, 1.54) is 0 Å². The maximum atomic E-state index is 9.03. The third kappa shape index (κ3) is 2.46. The first-order valence-electron chi connectivity index (χ1n) is 5.98. The van der Waals surface area contributed by atoms with Crippen LogP contribution in [0.1, 0.15) is 22.6 Å². The van der Waals surface area contributed by atoms with E-state index in [-0.39, 0.29) is 0 Å². The van der Waals surface area contributed by atoms with Crippen molar-refractivity contribution in [1.82, 2.24) is 4.98 Å². The highest BCUT2D eigenvalue weighted by molar-refractivity contribution is 5.66. The normalized spacial score (nSPS) is 9.95. The number of aryl methyl sites for hydroxylation is 2. The van der Waals surface area contributed by atoms with Gasteiger partial charge >= 0.3 is 0 Å². The topological polar surface area (TPSA) is 60.5 Å². The number of pyridine rings is 1. The second-order valence-electron chi connectivity index (χ2n) is 4.45. The lowest BCUT2D eigenvalue weighted by molar-refractivity contribution is 1.05. The highest BCUT2D eigenvalue weighted by atomic mass is 14.6. The van der Waals surface area contributed by atoms with Crippen molar-refractivity contribution in [3.63, 3.8) is 0 Å². The molecule has 0 fully saturated rings. The maximum Gasteiger partial charge on any atom is 0.158 e. The Hall–Kier alpha value is -2.65. The first-order valence-corrected chi connectivity index (χ1v) is 5.98. The van der Waals surface area contributed by atoms with Crippen LogP contribution >= 0.6 is 0 Å². The van der Waals surface area contributed by atoms with Crippen LogP contribution in [0, 0.1) is 36.5 Å². The van der Waals surface area contributed by atoms with Crippen LogP contribution in [-0.2, 0) is 0 Å². The van der Waals surface area contributed by atoms with Crippen LogP contribution in [0.15, 0.2) is 36.7 Å². The van der Waals surface area contributed by atoms with Gasteiger partial charge in [0.2, 0.25) is 0 Å². The molecular formula is C16H13N3. The Bertz CT molecular complexity index is 638. The van der Waals surface area contributed by atoms with E-state index in [0.29, 0.717) is 0 Å². The Morgan fingerprint density at radius 3 is 1.95 bits per heavy atom. The van der Waals surface area contributed by atoms with E-state index in [2.05, 4.69) is 4.98 Å². The molecule has 0 saturated carbocycles. The molecule has 0 saturated heterocycles. The quantitative estimate of drug-likeness (QED) is 0.816. The molecule has 1 heterocycles. The van der Waals surface area contributed by atoms with Gasteiger partial charge in [-0.15, -0.1) is 0 Å². The van der Waals surface area contributed by atoms with Gasteiger partial charge in [0, 0.05) is 12.4 Å². The molecule has 2 rings (SSSR count). The Morgan fingerprint density at radius 1 is 0.947 bits per heavy atom. The number of rotatable bonds is 2. The lowest BCUT2D eigenvalue weighted by atomic mass is 9.89. The first-order chi connectivity index (χ1) is 9.17. The third-order valence-corrected chi connectivity index (χ3v) is 3.15. The van der Waals surface area contributed by atoms with E-state index in [0.717, 1.165) is 27.8 Å². The minimum absolute atomic E-state index is 0.702. The fourth-order valence-electron chi connectivity index (χ4n) is 2.30. The van der Waals surface area contributed by atoms with Crippen LogP contribution in [0.2, 0.25) is 0 Å². The molecule has 3 heteroatoms. The van der Waals surface area contributed by atoms with Gasteiger partial charge < -0.3 is 0 Å². The van der Waals surface area contributed by atoms with E-state index < -0.39 is 5.92 Å². The van der Waals surface area contributed by atoms with Crippen LogP contribution < -0.4 is 0 Å². The van der Waals surface area contributed by atoms with Crippen LogP contribution in [0.3, 0.4) is 0 Å². The minimum Gasteiger partial charge on any atom is -0.265 e. The SMILES string of the molecule is Cc1cc(-c2ccncc2)cc(C)c1C(C#N)C#N. The van der Waals surface area contributed by atoms with Crippen molar-refractivity contribution in [1.29, 1.82) is 10.5 Å². The number of nitriles is 2. The standard InChI is InChI=1S/C16H13N3/c1-11-7-14(13-3-5-19-6-4-13)8-12(2)16(11)15(9-17)10-18/h3-8,15H,1-2H3. The Labute approximate surface area is 112 Å². The van der Waals surface area contributed by atoms with E-state index in [4.69, 9.17) is 10.5 Å². The molecule has 3 nitrogen and oxygen atoms in total. The molecule has 0 radical (unpaired) electrons. The highest BCUT2D eigenvalue weighted by Crippen LogP contribution is 2.29. The number of nitrogens with zero attached hydrogens (tertiary/aromatic N) is 3. The van der Waals surface area contributed by atoms with Crippen LogP contribution in [0.5, 0.6) is 0 Å². The Morgan fingerprint density at radius 2 is 1.47 bits per heavy atom. The summed E-state index contributed by atoms with van der Waals surface area (Å²) in [4.78, 5) is 4.00. The molecular weight excluding hydrogens is 234 g/mol. The molecule has 0 amide bonds. The van der Waals surface area contributed by atoms with Gasteiger partial charge in [0.05, 0.1) is 12.1 Å². The summed E-state index contributed by atoms with van der Waals surface area (Å²) in [7, 11) is 0. The molecule has 0 bridgehead atoms. The number of benzene rings is 1. The summed E-state index contributed by atoms with van der Waals surface area (Å²) in [6.07, 6.45) is 3.50. The summed E-state index contributed by atoms with van der Waals surface area (Å²) < 4.78 is 0. The zero-order valence-corrected chi connectivity index (χ0v) is 10.9. The van der Waals surface area contributed by atoms with Crippen molar-refractivity contribution in [2.75, 3.05) is 0 Å². The average Bonchev–Trinajstić information content (AvgIpc) is 2.43. The summed E-state index contributed by atoms with van der Waals surface area (Å²) in [6, 6.07) is 12.0. The van der Waals surface area contributed by atoms with E-state index >= 15 is 0 Å². The monoisotopic (exact) mass is 247 g/mol. The predicted molar refractivity (Wildman–Crippen MR) is 73.1 cm³/mol. The van der Waals surface area contributed by atoms with Gasteiger partial charge in [0.1, 0.15) is 0 Å². The lowest BCUT2D eigenvalue weighted by Gasteiger charge is -2.13. The van der Waals surface area contributed by atoms with Gasteiger partial charge in [-0.3, -0.25) is 4.98 Å². The lowest BCUT2D eigenvalue weighted by Crippen LogP contribution is -2.00. The molecule has 1 aromatic heterocycles. The smallest absolute Gasteiger partial charge is 0.158 e. The molecule has 0 aliphatic rings. The highest BCUT2D eigenvalue weighted by Gasteiger charge is 2.16. The molecule has 0 aliphatic heterocycles. The second kappa shape index (κ2) is 5.33. The van der Waals surface area contributed by atoms with Crippen molar-refractivity contribution in [2.45, 2.75) is 19.8 Å². The largest absolute Gasteiger partial charge is 0.265 e. The number of hydrogen-bond donors (Lipinski definition) is 0. The Kier molecular flexibility index (Phi) is 3.59. The van der Waals surface area contributed by atoms with Gasteiger partial charge in [-0.25, -0.2) is 0 Å². The van der Waals surface area contributed by atoms with Gasteiger partial charge in [-0.2, -0.15) is 10.5 Å². The van der Waals surface area contributed by atoms with Gasteiger partial charge in [-0.05, 0) is 53.8 Å². The first kappa shape index (κ1) is 12.8. The minimum atomic E-state index is -0.702. The summed E-state index contributed by atoms with van der Waals surface area (Å²) >= 11 is 0. The van der Waals surface area contributed by atoms with E-state index in [1.807, 2.05) is 50.3 Å². The summed E-state index contributed by atoms with van der Waals surface area (Å²) in [5.74, 6) is -0.702. The van der Waals surface area contributed by atoms with Gasteiger partial charge in [0.15, 0.2) is 5.92 Å². The van der Waals surface area contributed by atoms with E-state index in [9.17, 15) is 0 Å². The maximum absolute atomic E-state index is 9.03. The van der Waals surface area contributed by atoms with Crippen molar-refractivity contribution in [3.05, 3.63) is 53.3 Å². The predicted octanol–water partition coefficient (Wildman–Crippen LogP) is 3.50. The zero-order chi connectivity index (χ0) is 13.8. The van der Waals surface area contributed by atoms with Gasteiger partial charge in [-0.1, -0.05) is 12.1 Å². The van der Waals surface area contributed by atoms with E-state index in [1.54, 1.807) is 12.4 Å². The molecule has 0 atom stereocenters. The third-order valence-electron chi connectivity index (χ3n) is 3.15. The van der Waals surface area contributed by atoms with Gasteiger partial charge in [0.25, 0.3) is 0 Å². The molecule has 92 valence electrons. The molecule has 0 aliphatic carbocycles. The van der Waals surface area contributed by atoms with Crippen molar-refractivity contribution in [3.8, 4) is 23.3 Å². The van der Waals surface area contributed by atoms with Crippen LogP contribution in [-0.4, -0.2) is 4.98 Å². The fourth-order valence-corrected chi connectivity index (χ4v) is 2.30. The molecule has 19 heavy (non-hydrogen) atoms. The number of aromatic nitrogens is 1. The average molecular weight is 247 g/mol. The summed E-state index contributed by atoms with van der Waals surface area (Å²) in [5, 5.41) is 18.1. The number of hydrogen-bond acceptors (Lipinski definition) is 3. The van der Waals surface area contributed by atoms with Crippen LogP contribution in [0.25, 0.3) is 11.1 Å². The summed E-state index contributed by atoms with van der Waals surface area (Å²) in [5.41, 5.74) is 4.93. The molecule has 0 N–H and O–H groups in total. The molecule has 0 spiro atoms. The Balaban J connectivity index is 2.56. The van der Waals surface area contributed by atoms with Crippen molar-refractivity contribution >= 4 is 0 Å².